The molecule has 0 unspecified atom stereocenters. The van der Waals surface area contributed by atoms with Gasteiger partial charge >= 0.3 is 0 Å². The first kappa shape index (κ1) is 9.84. The number of halogens is 3. The summed E-state index contributed by atoms with van der Waals surface area (Å²) in [6.07, 6.45) is 0. The first-order valence-electron chi connectivity index (χ1n) is 3.05. The van der Waals surface area contributed by atoms with Crippen molar-refractivity contribution in [3.63, 3.8) is 0 Å². The van der Waals surface area contributed by atoms with Gasteiger partial charge in [0.25, 0.3) is 5.56 Å². The second-order valence-corrected chi connectivity index (χ2v) is 4.51. The van der Waals surface area contributed by atoms with E-state index in [1.165, 1.54) is 6.07 Å². The van der Waals surface area contributed by atoms with Gasteiger partial charge in [-0.25, -0.2) is 4.98 Å². The third-order valence-electron chi connectivity index (χ3n) is 1.14. The Morgan fingerprint density at radius 2 is 2.08 bits per heavy atom. The number of aromatic nitrogens is 2. The van der Waals surface area contributed by atoms with Crippen molar-refractivity contribution in [3.05, 3.63) is 27.9 Å². The number of nitrogens with one attached hydrogen (secondary N) is 1. The van der Waals surface area contributed by atoms with Crippen molar-refractivity contribution < 1.29 is 0 Å². The number of nitrogens with zero attached hydrogens (tertiary/aromatic N) is 1. The molecule has 0 atom stereocenters. The molecule has 0 bridgehead atoms. The van der Waals surface area contributed by atoms with Crippen LogP contribution in [0.3, 0.4) is 0 Å². The average molecular weight is 227 g/mol. The number of aryl methyl sites for hydroxylation is 1. The molecule has 0 fully saturated rings. The fourth-order valence-electron chi connectivity index (χ4n) is 0.713. The first-order chi connectivity index (χ1) is 5.39. The van der Waals surface area contributed by atoms with Gasteiger partial charge in [-0.15, -0.1) is 0 Å². The summed E-state index contributed by atoms with van der Waals surface area (Å²) in [5.41, 5.74) is 0.184. The standard InChI is InChI=1S/C6H5Cl3N2O/c1-3-2-4(12)11-5(10-3)6(7,8)9/h2H,1H3,(H,10,11,12). The van der Waals surface area contributed by atoms with Crippen molar-refractivity contribution in [1.29, 1.82) is 0 Å². The summed E-state index contributed by atoms with van der Waals surface area (Å²) in [5.74, 6) is 0.0394. The lowest BCUT2D eigenvalue weighted by molar-refractivity contribution is 0.920. The van der Waals surface area contributed by atoms with E-state index in [2.05, 4.69) is 9.97 Å². The zero-order valence-corrected chi connectivity index (χ0v) is 8.33. The van der Waals surface area contributed by atoms with Gasteiger partial charge in [0.15, 0.2) is 5.82 Å². The van der Waals surface area contributed by atoms with Crippen LogP contribution in [0.1, 0.15) is 11.5 Å². The Morgan fingerprint density at radius 1 is 1.50 bits per heavy atom. The minimum absolute atomic E-state index is 0.0394. The van der Waals surface area contributed by atoms with Gasteiger partial charge in [-0.2, -0.15) is 0 Å². The SMILES string of the molecule is Cc1cc(=O)[nH]c(C(Cl)(Cl)Cl)n1. The fourth-order valence-corrected chi connectivity index (χ4v) is 0.982. The van der Waals surface area contributed by atoms with Crippen molar-refractivity contribution in [2.24, 2.45) is 0 Å². The van der Waals surface area contributed by atoms with Crippen LogP contribution < -0.4 is 5.56 Å². The van der Waals surface area contributed by atoms with Crippen LogP contribution in [-0.4, -0.2) is 9.97 Å². The molecule has 0 amide bonds. The molecule has 1 rings (SSSR count). The zero-order valence-electron chi connectivity index (χ0n) is 6.07. The van der Waals surface area contributed by atoms with E-state index in [1.54, 1.807) is 6.92 Å². The minimum atomic E-state index is -1.68. The summed E-state index contributed by atoms with van der Waals surface area (Å²) in [5, 5.41) is 0. The second kappa shape index (κ2) is 3.24. The Balaban J connectivity index is 3.27. The first-order valence-corrected chi connectivity index (χ1v) is 4.18. The molecule has 0 saturated heterocycles. The number of rotatable bonds is 0. The third-order valence-corrected chi connectivity index (χ3v) is 1.68. The number of aromatic amines is 1. The number of hydrogen-bond acceptors (Lipinski definition) is 2. The van der Waals surface area contributed by atoms with E-state index in [9.17, 15) is 4.79 Å². The van der Waals surface area contributed by atoms with Crippen LogP contribution in [0.4, 0.5) is 0 Å². The van der Waals surface area contributed by atoms with Gasteiger partial charge in [-0.05, 0) is 6.92 Å². The van der Waals surface area contributed by atoms with Crippen LogP contribution in [0.15, 0.2) is 10.9 Å². The summed E-state index contributed by atoms with van der Waals surface area (Å²) in [6.45, 7) is 1.65. The molecule has 3 nitrogen and oxygen atoms in total. The van der Waals surface area contributed by atoms with Crippen LogP contribution in [0.5, 0.6) is 0 Å². The molecule has 0 aliphatic rings. The predicted molar refractivity (Wildman–Crippen MR) is 48.8 cm³/mol. The summed E-state index contributed by atoms with van der Waals surface area (Å²) >= 11 is 16.5. The lowest BCUT2D eigenvalue weighted by Gasteiger charge is -2.08. The zero-order chi connectivity index (χ0) is 9.35. The van der Waals surface area contributed by atoms with Gasteiger partial charge in [0, 0.05) is 11.8 Å². The van der Waals surface area contributed by atoms with Crippen LogP contribution in [-0.2, 0) is 3.79 Å². The van der Waals surface area contributed by atoms with E-state index in [4.69, 9.17) is 34.8 Å². The molecule has 0 aliphatic carbocycles. The highest BCUT2D eigenvalue weighted by atomic mass is 35.6. The highest BCUT2D eigenvalue weighted by Gasteiger charge is 2.25. The summed E-state index contributed by atoms with van der Waals surface area (Å²) < 4.78 is -1.68. The van der Waals surface area contributed by atoms with Gasteiger partial charge in [0.1, 0.15) is 0 Å². The topological polar surface area (TPSA) is 45.8 Å². The lowest BCUT2D eigenvalue weighted by Crippen LogP contribution is -2.16. The van der Waals surface area contributed by atoms with Crippen molar-refractivity contribution in [2.45, 2.75) is 10.7 Å². The highest BCUT2D eigenvalue weighted by molar-refractivity contribution is 6.66. The molecule has 0 saturated carbocycles. The summed E-state index contributed by atoms with van der Waals surface area (Å²) in [4.78, 5) is 17.1. The summed E-state index contributed by atoms with van der Waals surface area (Å²) in [6, 6.07) is 1.32. The lowest BCUT2D eigenvalue weighted by atomic mass is 10.4. The second-order valence-electron chi connectivity index (χ2n) is 2.23. The molecular weight excluding hydrogens is 222 g/mol. The van der Waals surface area contributed by atoms with E-state index in [1.807, 2.05) is 0 Å². The van der Waals surface area contributed by atoms with Crippen LogP contribution in [0, 0.1) is 6.92 Å². The fraction of sp³-hybridized carbons (Fsp3) is 0.333. The van der Waals surface area contributed by atoms with Gasteiger partial charge in [0.05, 0.1) is 0 Å². The summed E-state index contributed by atoms with van der Waals surface area (Å²) in [7, 11) is 0. The van der Waals surface area contributed by atoms with Gasteiger partial charge in [-0.3, -0.25) is 4.79 Å². The molecule has 1 heterocycles. The van der Waals surface area contributed by atoms with Crippen molar-refractivity contribution in [3.8, 4) is 0 Å². The molecular formula is C6H5Cl3N2O. The monoisotopic (exact) mass is 226 g/mol. The van der Waals surface area contributed by atoms with E-state index in [-0.39, 0.29) is 11.4 Å². The Hall–Kier alpha value is -0.250. The molecule has 66 valence electrons. The maximum Gasteiger partial charge on any atom is 0.251 e. The molecule has 1 N–H and O–H groups in total. The van der Waals surface area contributed by atoms with Crippen molar-refractivity contribution >= 4 is 34.8 Å². The number of H-pyrrole nitrogens is 1. The quantitative estimate of drug-likeness (QED) is 0.688. The van der Waals surface area contributed by atoms with Crippen molar-refractivity contribution in [2.75, 3.05) is 0 Å². The van der Waals surface area contributed by atoms with E-state index >= 15 is 0 Å². The molecule has 0 radical (unpaired) electrons. The predicted octanol–water partition coefficient (Wildman–Crippen LogP) is 1.91. The highest BCUT2D eigenvalue weighted by Crippen LogP contribution is 2.34. The normalized spacial score (nSPS) is 11.7. The number of alkyl halides is 3. The Labute approximate surface area is 83.7 Å². The van der Waals surface area contributed by atoms with Crippen LogP contribution in [0.25, 0.3) is 0 Å². The average Bonchev–Trinajstić information content (AvgIpc) is 1.82. The van der Waals surface area contributed by atoms with E-state index < -0.39 is 3.79 Å². The Bertz CT molecular complexity index is 341. The Morgan fingerprint density at radius 3 is 2.50 bits per heavy atom. The molecule has 6 heteroatoms. The van der Waals surface area contributed by atoms with E-state index in [0.717, 1.165) is 0 Å². The molecule has 1 aromatic heterocycles. The minimum Gasteiger partial charge on any atom is -0.307 e. The maximum atomic E-state index is 10.9. The maximum absolute atomic E-state index is 10.9. The number of hydrogen-bond donors (Lipinski definition) is 1. The van der Waals surface area contributed by atoms with Gasteiger partial charge in [0.2, 0.25) is 3.79 Å². The van der Waals surface area contributed by atoms with Gasteiger partial charge < -0.3 is 4.98 Å². The smallest absolute Gasteiger partial charge is 0.251 e. The van der Waals surface area contributed by atoms with Crippen LogP contribution >= 0.6 is 34.8 Å². The van der Waals surface area contributed by atoms with E-state index in [0.29, 0.717) is 5.69 Å². The third kappa shape index (κ3) is 2.37. The molecule has 0 spiro atoms. The van der Waals surface area contributed by atoms with Crippen LogP contribution in [0.2, 0.25) is 0 Å². The largest absolute Gasteiger partial charge is 0.307 e. The van der Waals surface area contributed by atoms with Crippen molar-refractivity contribution in [1.82, 2.24) is 9.97 Å². The molecule has 0 aromatic carbocycles. The Kier molecular flexibility index (Phi) is 2.66. The van der Waals surface area contributed by atoms with Gasteiger partial charge in [-0.1, -0.05) is 34.8 Å². The molecule has 12 heavy (non-hydrogen) atoms. The molecule has 1 aromatic rings. The molecule has 0 aliphatic heterocycles.